The van der Waals surface area contributed by atoms with Gasteiger partial charge in [-0.05, 0) is 37.9 Å². The lowest BCUT2D eigenvalue weighted by atomic mass is 9.94. The fraction of sp³-hybridized carbons (Fsp3) is 0.389. The Morgan fingerprint density at radius 1 is 1.33 bits per heavy atom. The van der Waals surface area contributed by atoms with Crippen molar-refractivity contribution in [2.75, 3.05) is 19.6 Å². The Kier molecular flexibility index (Phi) is 5.05. The average Bonchev–Trinajstić information content (AvgIpc) is 2.57. The van der Waals surface area contributed by atoms with E-state index in [1.54, 1.807) is 12.4 Å². The summed E-state index contributed by atoms with van der Waals surface area (Å²) < 4.78 is 6.03. The Morgan fingerprint density at radius 3 is 2.92 bits per heavy atom. The zero-order valence-corrected chi connectivity index (χ0v) is 13.8. The van der Waals surface area contributed by atoms with Gasteiger partial charge in [-0.15, -0.1) is 0 Å². The van der Waals surface area contributed by atoms with E-state index >= 15 is 0 Å². The van der Waals surface area contributed by atoms with Crippen LogP contribution in [-0.2, 0) is 4.79 Å². The van der Waals surface area contributed by atoms with Crippen LogP contribution in [0.4, 0.5) is 0 Å². The van der Waals surface area contributed by atoms with Gasteiger partial charge in [-0.3, -0.25) is 14.7 Å². The number of hydrogen-bond acceptors (Lipinski definition) is 5. The monoisotopic (exact) mass is 326 g/mol. The molecule has 1 amide bonds. The second-order valence-electron chi connectivity index (χ2n) is 6.15. The second-order valence-corrected chi connectivity index (χ2v) is 6.15. The molecule has 1 fully saturated rings. The highest BCUT2D eigenvalue weighted by Crippen LogP contribution is 2.33. The maximum Gasteiger partial charge on any atom is 0.241 e. The number of aryl methyl sites for hydroxylation is 1. The summed E-state index contributed by atoms with van der Waals surface area (Å²) in [4.78, 5) is 22.1. The van der Waals surface area contributed by atoms with Crippen LogP contribution in [0.25, 0.3) is 0 Å². The molecule has 1 aromatic heterocycles. The third-order valence-corrected chi connectivity index (χ3v) is 4.26. The first-order chi connectivity index (χ1) is 11.6. The van der Waals surface area contributed by atoms with Crippen molar-refractivity contribution in [3.8, 4) is 11.6 Å². The van der Waals surface area contributed by atoms with Crippen LogP contribution < -0.4 is 10.5 Å². The Morgan fingerprint density at radius 2 is 2.12 bits per heavy atom. The van der Waals surface area contributed by atoms with Gasteiger partial charge in [0.2, 0.25) is 11.8 Å². The molecule has 0 bridgehead atoms. The summed E-state index contributed by atoms with van der Waals surface area (Å²) in [6.07, 6.45) is 5.32. The van der Waals surface area contributed by atoms with E-state index in [1.165, 1.54) is 0 Å². The Hall–Kier alpha value is -2.47. The molecule has 1 atom stereocenters. The molecule has 1 aromatic carbocycles. The van der Waals surface area contributed by atoms with Gasteiger partial charge in [-0.25, -0.2) is 4.98 Å². The van der Waals surface area contributed by atoms with Crippen LogP contribution in [0.2, 0.25) is 0 Å². The number of carbonyl (C=O) groups excluding carboxylic acids is 1. The number of piperidine rings is 1. The fourth-order valence-electron chi connectivity index (χ4n) is 3.11. The molecule has 0 aliphatic carbocycles. The molecule has 24 heavy (non-hydrogen) atoms. The van der Waals surface area contributed by atoms with Crippen LogP contribution in [0.15, 0.2) is 36.7 Å². The quantitative estimate of drug-likeness (QED) is 0.911. The topological polar surface area (TPSA) is 81.3 Å². The molecule has 6 heteroatoms. The number of nitrogens with zero attached hydrogens (tertiary/aromatic N) is 3. The summed E-state index contributed by atoms with van der Waals surface area (Å²) in [5.74, 6) is 1.21. The number of likely N-dealkylation sites (tertiary alicyclic amines) is 1. The summed E-state index contributed by atoms with van der Waals surface area (Å²) in [5, 5.41) is 0. The number of rotatable bonds is 5. The molecule has 2 N–H and O–H groups in total. The number of carbonyl (C=O) groups is 1. The molecule has 1 aliphatic heterocycles. The van der Waals surface area contributed by atoms with E-state index in [-0.39, 0.29) is 18.4 Å². The first kappa shape index (κ1) is 16.4. The lowest BCUT2D eigenvalue weighted by Gasteiger charge is -2.31. The standard InChI is InChI=1S/C18H22N4O2/c1-13-5-2-3-7-15(13)24-18-17(20-8-9-21-18)14-6-4-10-22(11-14)12-16(19)23/h2-3,5,7-9,14H,4,6,10-12H2,1H3,(H2,19,23)/t14-/m1/s1. The van der Waals surface area contributed by atoms with Crippen molar-refractivity contribution in [1.29, 1.82) is 0 Å². The van der Waals surface area contributed by atoms with Crippen molar-refractivity contribution in [3.05, 3.63) is 47.9 Å². The lowest BCUT2D eigenvalue weighted by Crippen LogP contribution is -2.40. The first-order valence-corrected chi connectivity index (χ1v) is 8.18. The molecule has 0 radical (unpaired) electrons. The molecule has 126 valence electrons. The maximum absolute atomic E-state index is 11.2. The van der Waals surface area contributed by atoms with E-state index in [2.05, 4.69) is 14.9 Å². The zero-order valence-electron chi connectivity index (χ0n) is 13.8. The number of benzene rings is 1. The van der Waals surface area contributed by atoms with Crippen molar-refractivity contribution in [3.63, 3.8) is 0 Å². The van der Waals surface area contributed by atoms with Crippen molar-refractivity contribution in [2.45, 2.75) is 25.7 Å². The number of nitrogens with two attached hydrogens (primary N) is 1. The summed E-state index contributed by atoms with van der Waals surface area (Å²) in [7, 11) is 0. The SMILES string of the molecule is Cc1ccccc1Oc1nccnc1[C@@H]1CCCN(CC(N)=O)C1. The van der Waals surface area contributed by atoms with Crippen LogP contribution in [0, 0.1) is 6.92 Å². The molecule has 6 nitrogen and oxygen atoms in total. The van der Waals surface area contributed by atoms with Crippen LogP contribution in [0.1, 0.15) is 30.0 Å². The second kappa shape index (κ2) is 7.40. The molecular formula is C18H22N4O2. The van der Waals surface area contributed by atoms with E-state index in [0.717, 1.165) is 42.9 Å². The minimum atomic E-state index is -0.300. The molecule has 1 saturated heterocycles. The normalized spacial score (nSPS) is 18.3. The molecular weight excluding hydrogens is 304 g/mol. The molecule has 3 rings (SSSR count). The zero-order chi connectivity index (χ0) is 16.9. The predicted octanol–water partition coefficient (Wildman–Crippen LogP) is 2.24. The highest BCUT2D eigenvalue weighted by molar-refractivity contribution is 5.75. The smallest absolute Gasteiger partial charge is 0.241 e. The van der Waals surface area contributed by atoms with E-state index in [1.807, 2.05) is 31.2 Å². The average molecular weight is 326 g/mol. The van der Waals surface area contributed by atoms with Crippen LogP contribution in [0.5, 0.6) is 11.6 Å². The summed E-state index contributed by atoms with van der Waals surface area (Å²) in [6, 6.07) is 7.84. The van der Waals surface area contributed by atoms with Gasteiger partial charge >= 0.3 is 0 Å². The molecule has 1 aliphatic rings. The highest BCUT2D eigenvalue weighted by atomic mass is 16.5. The number of aromatic nitrogens is 2. The highest BCUT2D eigenvalue weighted by Gasteiger charge is 2.26. The van der Waals surface area contributed by atoms with Crippen LogP contribution in [-0.4, -0.2) is 40.4 Å². The minimum absolute atomic E-state index is 0.186. The van der Waals surface area contributed by atoms with Gasteiger partial charge in [0.1, 0.15) is 11.4 Å². The third kappa shape index (κ3) is 3.89. The summed E-state index contributed by atoms with van der Waals surface area (Å²) in [6.45, 7) is 3.91. The number of primary amides is 1. The van der Waals surface area contributed by atoms with Gasteiger partial charge in [0, 0.05) is 24.9 Å². The number of ether oxygens (including phenoxy) is 1. The molecule has 0 spiro atoms. The summed E-state index contributed by atoms with van der Waals surface area (Å²) in [5.41, 5.74) is 7.21. The molecule has 0 saturated carbocycles. The van der Waals surface area contributed by atoms with Crippen molar-refractivity contribution in [1.82, 2.24) is 14.9 Å². The van der Waals surface area contributed by atoms with Gasteiger partial charge in [0.15, 0.2) is 0 Å². The first-order valence-electron chi connectivity index (χ1n) is 8.18. The van der Waals surface area contributed by atoms with Gasteiger partial charge in [-0.2, -0.15) is 0 Å². The van der Waals surface area contributed by atoms with Gasteiger partial charge < -0.3 is 10.5 Å². The summed E-state index contributed by atoms with van der Waals surface area (Å²) >= 11 is 0. The van der Waals surface area contributed by atoms with Gasteiger partial charge in [0.25, 0.3) is 0 Å². The predicted molar refractivity (Wildman–Crippen MR) is 90.9 cm³/mol. The number of hydrogen-bond donors (Lipinski definition) is 1. The third-order valence-electron chi connectivity index (χ3n) is 4.26. The Bertz CT molecular complexity index is 720. The molecule has 2 aromatic rings. The molecule has 2 heterocycles. The lowest BCUT2D eigenvalue weighted by molar-refractivity contribution is -0.119. The van der Waals surface area contributed by atoms with E-state index in [4.69, 9.17) is 10.5 Å². The van der Waals surface area contributed by atoms with Gasteiger partial charge in [0.05, 0.1) is 6.54 Å². The van der Waals surface area contributed by atoms with Crippen molar-refractivity contribution in [2.24, 2.45) is 5.73 Å². The number of amides is 1. The van der Waals surface area contributed by atoms with E-state index in [0.29, 0.717) is 5.88 Å². The largest absolute Gasteiger partial charge is 0.437 e. The van der Waals surface area contributed by atoms with Crippen LogP contribution >= 0.6 is 0 Å². The van der Waals surface area contributed by atoms with Gasteiger partial charge in [-0.1, -0.05) is 18.2 Å². The van der Waals surface area contributed by atoms with E-state index < -0.39 is 0 Å². The number of para-hydroxylation sites is 1. The van der Waals surface area contributed by atoms with Crippen LogP contribution in [0.3, 0.4) is 0 Å². The maximum atomic E-state index is 11.2. The Balaban J connectivity index is 1.81. The minimum Gasteiger partial charge on any atom is -0.437 e. The van der Waals surface area contributed by atoms with Crippen molar-refractivity contribution >= 4 is 5.91 Å². The molecule has 0 unspecified atom stereocenters. The van der Waals surface area contributed by atoms with Crippen molar-refractivity contribution < 1.29 is 9.53 Å². The fourth-order valence-corrected chi connectivity index (χ4v) is 3.11. The Labute approximate surface area is 141 Å². The van der Waals surface area contributed by atoms with E-state index in [9.17, 15) is 4.79 Å².